The van der Waals surface area contributed by atoms with Crippen LogP contribution in [0, 0.1) is 6.92 Å². The number of fused-ring (bicyclic) bond motifs is 1. The lowest BCUT2D eigenvalue weighted by atomic mass is 10.2. The van der Waals surface area contributed by atoms with Crippen molar-refractivity contribution in [2.24, 2.45) is 5.73 Å². The van der Waals surface area contributed by atoms with Crippen molar-refractivity contribution in [3.05, 3.63) is 96.6 Å². The van der Waals surface area contributed by atoms with E-state index in [0.29, 0.717) is 39.6 Å². The van der Waals surface area contributed by atoms with Crippen molar-refractivity contribution in [3.8, 4) is 11.5 Å². The summed E-state index contributed by atoms with van der Waals surface area (Å²) in [6.45, 7) is 1.80. The van der Waals surface area contributed by atoms with Crippen molar-refractivity contribution in [1.82, 2.24) is 9.97 Å². The molecule has 0 radical (unpaired) electrons. The van der Waals surface area contributed by atoms with Crippen LogP contribution in [0.5, 0.6) is 11.5 Å². The minimum Gasteiger partial charge on any atom is -0.497 e. The maximum absolute atomic E-state index is 13.8. The fourth-order valence-electron chi connectivity index (χ4n) is 4.39. The van der Waals surface area contributed by atoms with Gasteiger partial charge in [0.25, 0.3) is 10.0 Å². The zero-order chi connectivity index (χ0) is 30.6. The molecule has 5 rings (SSSR count). The Balaban J connectivity index is 1.53. The number of hydrogen-bond acceptors (Lipinski definition) is 9. The summed E-state index contributed by atoms with van der Waals surface area (Å²) in [5.74, 6) is 0.651. The highest BCUT2D eigenvalue weighted by atomic mass is 32.2. The molecule has 0 unspecified atom stereocenters. The van der Waals surface area contributed by atoms with Gasteiger partial charge in [0.1, 0.15) is 18.0 Å². The molecule has 220 valence electrons. The highest BCUT2D eigenvalue weighted by molar-refractivity contribution is 7.92. The van der Waals surface area contributed by atoms with Crippen molar-refractivity contribution in [2.45, 2.75) is 11.8 Å². The molecule has 11 nitrogen and oxygen atoms in total. The van der Waals surface area contributed by atoms with E-state index < -0.39 is 15.9 Å². The topological polar surface area (TPSA) is 149 Å². The normalized spacial score (nSPS) is 11.1. The van der Waals surface area contributed by atoms with Gasteiger partial charge in [-0.05, 0) is 49.4 Å². The van der Waals surface area contributed by atoms with Gasteiger partial charge in [-0.15, -0.1) is 0 Å². The van der Waals surface area contributed by atoms with E-state index in [9.17, 15) is 13.2 Å². The summed E-state index contributed by atoms with van der Waals surface area (Å²) in [7, 11) is -1.11. The second kappa shape index (κ2) is 12.2. The standard InChI is InChI=1S/C31H30N6O5S/c1-20-11-13-22(14-12-20)37(19-29(32)38)23-7-6-8-26(17-23)43(39,40)36-31-30(34-27-9-4-5-10-28(27)35-31)33-21-15-24(41-2)18-25(16-21)42-3/h4-18H,19H2,1-3H3,(H2,32,38)(H,33,34)(H,35,36). The lowest BCUT2D eigenvalue weighted by molar-refractivity contribution is -0.116. The summed E-state index contributed by atoms with van der Waals surface area (Å²) in [5.41, 5.74) is 9.33. The van der Waals surface area contributed by atoms with Crippen LogP contribution >= 0.6 is 0 Å². The number of methoxy groups -OCH3 is 2. The van der Waals surface area contributed by atoms with Crippen LogP contribution in [0.3, 0.4) is 0 Å². The molecule has 43 heavy (non-hydrogen) atoms. The highest BCUT2D eigenvalue weighted by Crippen LogP contribution is 2.32. The minimum absolute atomic E-state index is 0.0154. The van der Waals surface area contributed by atoms with Gasteiger partial charge in [-0.1, -0.05) is 35.9 Å². The molecule has 0 saturated heterocycles. The lowest BCUT2D eigenvalue weighted by Gasteiger charge is -2.24. The third kappa shape index (κ3) is 6.76. The Kier molecular flexibility index (Phi) is 8.30. The zero-order valence-electron chi connectivity index (χ0n) is 23.7. The Morgan fingerprint density at radius 1 is 0.814 bits per heavy atom. The number of ether oxygens (including phenoxy) is 2. The van der Waals surface area contributed by atoms with Gasteiger partial charge in [-0.2, -0.15) is 0 Å². The van der Waals surface area contributed by atoms with E-state index in [4.69, 9.17) is 15.2 Å². The van der Waals surface area contributed by atoms with Gasteiger partial charge >= 0.3 is 0 Å². The number of anilines is 5. The van der Waals surface area contributed by atoms with Gasteiger partial charge in [-0.25, -0.2) is 18.4 Å². The predicted octanol–water partition coefficient (Wildman–Crippen LogP) is 5.12. The minimum atomic E-state index is -4.18. The van der Waals surface area contributed by atoms with Crippen molar-refractivity contribution in [1.29, 1.82) is 0 Å². The number of rotatable bonds is 11. The smallest absolute Gasteiger partial charge is 0.263 e. The third-order valence-corrected chi connectivity index (χ3v) is 7.85. The number of para-hydroxylation sites is 2. The number of nitrogens with zero attached hydrogens (tertiary/aromatic N) is 3. The van der Waals surface area contributed by atoms with Gasteiger partial charge in [0, 0.05) is 35.3 Å². The summed E-state index contributed by atoms with van der Waals surface area (Å²) < 4.78 is 40.9. The molecular weight excluding hydrogens is 568 g/mol. The van der Waals surface area contributed by atoms with Gasteiger partial charge in [-0.3, -0.25) is 9.52 Å². The molecule has 0 aliphatic rings. The first-order valence-corrected chi connectivity index (χ1v) is 14.7. The number of carbonyl (C=O) groups is 1. The van der Waals surface area contributed by atoms with Crippen LogP contribution in [-0.2, 0) is 14.8 Å². The molecular formula is C31H30N6O5S. The van der Waals surface area contributed by atoms with Crippen LogP contribution < -0.4 is 30.1 Å². The zero-order valence-corrected chi connectivity index (χ0v) is 24.6. The first-order valence-electron chi connectivity index (χ1n) is 13.2. The SMILES string of the molecule is COc1cc(Nc2nc3ccccc3nc2NS(=O)(=O)c2cccc(N(CC(N)=O)c3ccc(C)cc3)c2)cc(OC)c1. The Labute approximate surface area is 249 Å². The maximum atomic E-state index is 13.8. The number of carbonyl (C=O) groups excluding carboxylic acids is 1. The fraction of sp³-hybridized carbons (Fsp3) is 0.129. The van der Waals surface area contributed by atoms with Gasteiger partial charge in [0.2, 0.25) is 5.91 Å². The van der Waals surface area contributed by atoms with E-state index in [1.165, 1.54) is 26.4 Å². The van der Waals surface area contributed by atoms with Crippen LogP contribution in [0.2, 0.25) is 0 Å². The number of nitrogens with one attached hydrogen (secondary N) is 2. The molecule has 0 bridgehead atoms. The Morgan fingerprint density at radius 2 is 1.44 bits per heavy atom. The second-order valence-electron chi connectivity index (χ2n) is 9.63. The quantitative estimate of drug-likeness (QED) is 0.188. The molecule has 5 aromatic rings. The molecule has 0 aliphatic carbocycles. The number of sulfonamides is 1. The van der Waals surface area contributed by atoms with Crippen LogP contribution in [0.1, 0.15) is 5.56 Å². The van der Waals surface area contributed by atoms with E-state index in [1.54, 1.807) is 53.4 Å². The Bertz CT molecular complexity index is 1880. The van der Waals surface area contributed by atoms with Crippen LogP contribution in [-0.4, -0.2) is 45.1 Å². The fourth-order valence-corrected chi connectivity index (χ4v) is 5.44. The Morgan fingerprint density at radius 3 is 2.05 bits per heavy atom. The van der Waals surface area contributed by atoms with Gasteiger partial charge in [0.05, 0.1) is 30.1 Å². The molecule has 4 aromatic carbocycles. The van der Waals surface area contributed by atoms with E-state index >= 15 is 0 Å². The van der Waals surface area contributed by atoms with Gasteiger partial charge in [0.15, 0.2) is 11.6 Å². The first kappa shape index (κ1) is 29.1. The molecule has 1 aromatic heterocycles. The molecule has 0 fully saturated rings. The molecule has 0 aliphatic heterocycles. The van der Waals surface area contributed by atoms with Gasteiger partial charge < -0.3 is 25.4 Å². The number of primary amides is 1. The number of nitrogens with two attached hydrogens (primary N) is 1. The highest BCUT2D eigenvalue weighted by Gasteiger charge is 2.22. The number of amides is 1. The molecule has 4 N–H and O–H groups in total. The summed E-state index contributed by atoms with van der Waals surface area (Å²) >= 11 is 0. The molecule has 1 amide bonds. The predicted molar refractivity (Wildman–Crippen MR) is 167 cm³/mol. The molecule has 0 atom stereocenters. The average molecular weight is 599 g/mol. The van der Waals surface area contributed by atoms with Crippen LogP contribution in [0.4, 0.5) is 28.7 Å². The summed E-state index contributed by atoms with van der Waals surface area (Å²) in [5, 5.41) is 3.15. The molecule has 0 spiro atoms. The third-order valence-electron chi connectivity index (χ3n) is 6.51. The molecule has 0 saturated carbocycles. The van der Waals surface area contributed by atoms with Crippen LogP contribution in [0.25, 0.3) is 11.0 Å². The second-order valence-corrected chi connectivity index (χ2v) is 11.3. The monoisotopic (exact) mass is 598 g/mol. The molecule has 1 heterocycles. The Hall–Kier alpha value is -5.36. The summed E-state index contributed by atoms with van der Waals surface area (Å²) in [6.07, 6.45) is 0. The van der Waals surface area contributed by atoms with Crippen LogP contribution in [0.15, 0.2) is 95.9 Å². The first-order chi connectivity index (χ1) is 20.6. The van der Waals surface area contributed by atoms with Crippen molar-refractivity contribution >= 4 is 55.7 Å². The van der Waals surface area contributed by atoms with E-state index in [1.807, 2.05) is 37.3 Å². The molecule has 12 heteroatoms. The summed E-state index contributed by atoms with van der Waals surface area (Å²) in [4.78, 5) is 22.8. The van der Waals surface area contributed by atoms with E-state index in [0.717, 1.165) is 5.56 Å². The van der Waals surface area contributed by atoms with Crippen molar-refractivity contribution < 1.29 is 22.7 Å². The average Bonchev–Trinajstić information content (AvgIpc) is 3.00. The lowest BCUT2D eigenvalue weighted by Crippen LogP contribution is -2.30. The van der Waals surface area contributed by atoms with Crippen molar-refractivity contribution in [3.63, 3.8) is 0 Å². The van der Waals surface area contributed by atoms with Crippen molar-refractivity contribution in [2.75, 3.05) is 35.7 Å². The maximum Gasteiger partial charge on any atom is 0.263 e. The number of aromatic nitrogens is 2. The van der Waals surface area contributed by atoms with E-state index in [-0.39, 0.29) is 23.1 Å². The largest absolute Gasteiger partial charge is 0.497 e. The number of aryl methyl sites for hydroxylation is 1. The number of benzene rings is 4. The number of hydrogen-bond donors (Lipinski definition) is 3. The summed E-state index contributed by atoms with van der Waals surface area (Å²) in [6, 6.07) is 26.0. The van der Waals surface area contributed by atoms with E-state index in [2.05, 4.69) is 20.0 Å².